The molecule has 2 atom stereocenters. The van der Waals surface area contributed by atoms with Crippen molar-refractivity contribution in [3.05, 3.63) is 70.5 Å². The van der Waals surface area contributed by atoms with E-state index in [1.54, 1.807) is 36.4 Å². The fraction of sp³-hybridized carbons (Fsp3) is 0.333. The number of carbonyl (C=O) groups excluding carboxylic acids is 2. The van der Waals surface area contributed by atoms with Gasteiger partial charge in [0, 0.05) is 12.3 Å². The van der Waals surface area contributed by atoms with Gasteiger partial charge in [-0.1, -0.05) is 49.2 Å². The fourth-order valence-electron chi connectivity index (χ4n) is 3.15. The molecule has 28 heavy (non-hydrogen) atoms. The van der Waals surface area contributed by atoms with E-state index in [1.165, 1.54) is 28.8 Å². The summed E-state index contributed by atoms with van der Waals surface area (Å²) in [6, 6.07) is 12.3. The molecule has 1 aliphatic rings. The van der Waals surface area contributed by atoms with Crippen LogP contribution in [0.4, 0.5) is 4.39 Å². The second-order valence-corrected chi connectivity index (χ2v) is 8.11. The average Bonchev–Trinajstić information content (AvgIpc) is 3.13. The molecule has 0 saturated carbocycles. The molecule has 0 unspecified atom stereocenters. The molecule has 1 aliphatic heterocycles. The number of benzene rings is 2. The predicted octanol–water partition coefficient (Wildman–Crippen LogP) is 4.65. The zero-order valence-corrected chi connectivity index (χ0v) is 17.1. The topological polar surface area (TPSA) is 49.4 Å². The fourth-order valence-corrected chi connectivity index (χ4v) is 4.79. The van der Waals surface area contributed by atoms with E-state index in [2.05, 4.69) is 5.32 Å². The Hall–Kier alpha value is -2.05. The van der Waals surface area contributed by atoms with Crippen LogP contribution in [-0.4, -0.2) is 35.1 Å². The molecule has 7 heteroatoms. The maximum absolute atomic E-state index is 13.8. The lowest BCUT2D eigenvalue weighted by molar-refractivity contribution is -0.124. The number of nitrogens with zero attached hydrogens (tertiary/aromatic N) is 1. The maximum atomic E-state index is 13.8. The Kier molecular flexibility index (Phi) is 6.97. The van der Waals surface area contributed by atoms with Crippen LogP contribution in [0.25, 0.3) is 0 Å². The van der Waals surface area contributed by atoms with Crippen LogP contribution in [0.3, 0.4) is 0 Å². The Bertz CT molecular complexity index is 864. The van der Waals surface area contributed by atoms with Gasteiger partial charge in [0.15, 0.2) is 0 Å². The molecule has 2 aromatic rings. The van der Waals surface area contributed by atoms with Gasteiger partial charge < -0.3 is 10.2 Å². The molecule has 0 aromatic heterocycles. The summed E-state index contributed by atoms with van der Waals surface area (Å²) in [5, 5.41) is 2.78. The third-order valence-electron chi connectivity index (χ3n) is 4.61. The van der Waals surface area contributed by atoms with E-state index in [0.29, 0.717) is 28.4 Å². The van der Waals surface area contributed by atoms with Crippen LogP contribution < -0.4 is 5.32 Å². The smallest absolute Gasteiger partial charge is 0.257 e. The molecule has 0 bridgehead atoms. The first kappa shape index (κ1) is 20.7. The molecule has 0 radical (unpaired) electrons. The van der Waals surface area contributed by atoms with Gasteiger partial charge in [-0.05, 0) is 36.2 Å². The molecule has 3 rings (SSSR count). The quantitative estimate of drug-likeness (QED) is 0.692. The zero-order valence-electron chi connectivity index (χ0n) is 15.5. The summed E-state index contributed by atoms with van der Waals surface area (Å²) in [4.78, 5) is 27.6. The van der Waals surface area contributed by atoms with Crippen molar-refractivity contribution in [1.82, 2.24) is 10.2 Å². The molecule has 0 spiro atoms. The first-order chi connectivity index (χ1) is 13.5. The van der Waals surface area contributed by atoms with Gasteiger partial charge in [-0.3, -0.25) is 9.59 Å². The summed E-state index contributed by atoms with van der Waals surface area (Å²) in [5.74, 6) is -0.463. The van der Waals surface area contributed by atoms with Gasteiger partial charge in [-0.2, -0.15) is 0 Å². The Morgan fingerprint density at radius 3 is 2.75 bits per heavy atom. The molecule has 1 fully saturated rings. The van der Waals surface area contributed by atoms with Crippen molar-refractivity contribution in [2.24, 2.45) is 0 Å². The number of nitrogens with one attached hydrogen (secondary N) is 1. The number of unbranched alkanes of at least 4 members (excludes halogenated alkanes) is 1. The van der Waals surface area contributed by atoms with E-state index in [0.717, 1.165) is 12.8 Å². The predicted molar refractivity (Wildman–Crippen MR) is 111 cm³/mol. The Morgan fingerprint density at radius 2 is 2.04 bits per heavy atom. The number of hydrogen-bond acceptors (Lipinski definition) is 3. The molecule has 1 heterocycles. The molecule has 0 aliphatic carbocycles. The van der Waals surface area contributed by atoms with Crippen LogP contribution in [-0.2, 0) is 4.79 Å². The van der Waals surface area contributed by atoms with E-state index >= 15 is 0 Å². The number of carbonyl (C=O) groups is 2. The highest BCUT2D eigenvalue weighted by atomic mass is 35.5. The van der Waals surface area contributed by atoms with Crippen molar-refractivity contribution in [3.63, 3.8) is 0 Å². The van der Waals surface area contributed by atoms with Crippen molar-refractivity contribution < 1.29 is 14.0 Å². The lowest BCUT2D eigenvalue weighted by Gasteiger charge is -2.29. The van der Waals surface area contributed by atoms with E-state index in [-0.39, 0.29) is 17.6 Å². The summed E-state index contributed by atoms with van der Waals surface area (Å²) in [6.45, 7) is 2.61. The summed E-state index contributed by atoms with van der Waals surface area (Å²) in [5.41, 5.74) is 0.980. The minimum Gasteiger partial charge on any atom is -0.354 e. The molecule has 4 nitrogen and oxygen atoms in total. The lowest BCUT2D eigenvalue weighted by atomic mass is 10.1. The summed E-state index contributed by atoms with van der Waals surface area (Å²) < 4.78 is 13.8. The number of hydrogen-bond donors (Lipinski definition) is 1. The first-order valence-corrected chi connectivity index (χ1v) is 10.7. The summed E-state index contributed by atoms with van der Waals surface area (Å²) in [7, 11) is 0. The molecule has 1 N–H and O–H groups in total. The SMILES string of the molecule is CCCCNC(=O)[C@@H]1CS[C@H](c2cccc(F)c2)N1C(=O)c1ccccc1Cl. The summed E-state index contributed by atoms with van der Waals surface area (Å²) >= 11 is 7.68. The highest BCUT2D eigenvalue weighted by molar-refractivity contribution is 7.99. The number of rotatable bonds is 6. The Balaban J connectivity index is 1.93. The van der Waals surface area contributed by atoms with Gasteiger partial charge >= 0.3 is 0 Å². The lowest BCUT2D eigenvalue weighted by Crippen LogP contribution is -2.48. The molecule has 2 aromatic carbocycles. The van der Waals surface area contributed by atoms with Crippen LogP contribution >= 0.6 is 23.4 Å². The van der Waals surface area contributed by atoms with Crippen molar-refractivity contribution in [1.29, 1.82) is 0 Å². The summed E-state index contributed by atoms with van der Waals surface area (Å²) in [6.07, 6.45) is 1.84. The highest BCUT2D eigenvalue weighted by Gasteiger charge is 2.43. The van der Waals surface area contributed by atoms with E-state index in [9.17, 15) is 14.0 Å². The number of amides is 2. The van der Waals surface area contributed by atoms with Crippen LogP contribution in [0.2, 0.25) is 5.02 Å². The third-order valence-corrected chi connectivity index (χ3v) is 6.26. The zero-order chi connectivity index (χ0) is 20.1. The maximum Gasteiger partial charge on any atom is 0.257 e. The van der Waals surface area contributed by atoms with Gasteiger partial charge in [0.2, 0.25) is 5.91 Å². The van der Waals surface area contributed by atoms with Crippen LogP contribution in [0.1, 0.15) is 41.1 Å². The van der Waals surface area contributed by atoms with Crippen molar-refractivity contribution in [2.75, 3.05) is 12.3 Å². The minimum absolute atomic E-state index is 0.194. The van der Waals surface area contributed by atoms with Crippen LogP contribution in [0.15, 0.2) is 48.5 Å². The van der Waals surface area contributed by atoms with Crippen molar-refractivity contribution in [3.8, 4) is 0 Å². The van der Waals surface area contributed by atoms with Gasteiger partial charge in [-0.15, -0.1) is 11.8 Å². The molecule has 148 valence electrons. The van der Waals surface area contributed by atoms with Crippen LogP contribution in [0.5, 0.6) is 0 Å². The first-order valence-electron chi connectivity index (χ1n) is 9.25. The van der Waals surface area contributed by atoms with Crippen molar-refractivity contribution in [2.45, 2.75) is 31.2 Å². The molecule has 2 amide bonds. The second-order valence-electron chi connectivity index (χ2n) is 6.59. The normalized spacial score (nSPS) is 18.9. The molecular weight excluding hydrogens is 399 g/mol. The van der Waals surface area contributed by atoms with E-state index in [4.69, 9.17) is 11.6 Å². The standard InChI is InChI=1S/C21H22ClFN2O2S/c1-2-3-11-24-19(26)18-13-28-21(14-7-6-8-15(23)12-14)25(18)20(27)16-9-4-5-10-17(16)22/h4-10,12,18,21H,2-3,11,13H2,1H3,(H,24,26)/t18-,21+/m0/s1. The van der Waals surface area contributed by atoms with Crippen LogP contribution in [0, 0.1) is 5.82 Å². The third kappa shape index (κ3) is 4.50. The second kappa shape index (κ2) is 9.43. The van der Waals surface area contributed by atoms with Gasteiger partial charge in [0.25, 0.3) is 5.91 Å². The monoisotopic (exact) mass is 420 g/mol. The minimum atomic E-state index is -0.640. The van der Waals surface area contributed by atoms with Gasteiger partial charge in [0.05, 0.1) is 10.6 Å². The average molecular weight is 421 g/mol. The largest absolute Gasteiger partial charge is 0.354 e. The van der Waals surface area contributed by atoms with Gasteiger partial charge in [0.1, 0.15) is 17.2 Å². The molecular formula is C21H22ClFN2O2S. The molecule has 1 saturated heterocycles. The van der Waals surface area contributed by atoms with E-state index < -0.39 is 11.4 Å². The van der Waals surface area contributed by atoms with Gasteiger partial charge in [-0.25, -0.2) is 4.39 Å². The Labute approximate surface area is 173 Å². The number of halogens is 2. The Morgan fingerprint density at radius 1 is 1.25 bits per heavy atom. The highest BCUT2D eigenvalue weighted by Crippen LogP contribution is 2.42. The van der Waals surface area contributed by atoms with Crippen molar-refractivity contribution >= 4 is 35.2 Å². The number of thioether (sulfide) groups is 1. The van der Waals surface area contributed by atoms with E-state index in [1.807, 2.05) is 6.92 Å².